The summed E-state index contributed by atoms with van der Waals surface area (Å²) in [6, 6.07) is 10.7. The van der Waals surface area contributed by atoms with E-state index in [-0.39, 0.29) is 5.91 Å². The lowest BCUT2D eigenvalue weighted by Gasteiger charge is -2.14. The van der Waals surface area contributed by atoms with Crippen LogP contribution in [0.3, 0.4) is 0 Å². The van der Waals surface area contributed by atoms with Crippen LogP contribution in [-0.2, 0) is 0 Å². The van der Waals surface area contributed by atoms with E-state index in [9.17, 15) is 4.79 Å². The predicted octanol–water partition coefficient (Wildman–Crippen LogP) is 3.44. The van der Waals surface area contributed by atoms with Gasteiger partial charge in [-0.1, -0.05) is 23.5 Å². The summed E-state index contributed by atoms with van der Waals surface area (Å²) < 4.78 is 17.7. The van der Waals surface area contributed by atoms with E-state index in [4.69, 9.17) is 14.2 Å². The van der Waals surface area contributed by atoms with Crippen molar-refractivity contribution >= 4 is 27.9 Å². The molecule has 0 atom stereocenters. The fraction of sp³-hybridized carbons (Fsp3) is 0.200. The highest BCUT2D eigenvalue weighted by Crippen LogP contribution is 2.38. The Morgan fingerprint density at radius 2 is 1.73 bits per heavy atom. The molecule has 0 bridgehead atoms. The lowest BCUT2D eigenvalue weighted by molar-refractivity contribution is 0.102. The number of benzene rings is 2. The second-order valence-corrected chi connectivity index (χ2v) is 7.22. The van der Waals surface area contributed by atoms with Crippen molar-refractivity contribution in [2.24, 2.45) is 0 Å². The van der Waals surface area contributed by atoms with E-state index in [1.807, 2.05) is 31.2 Å². The van der Waals surface area contributed by atoms with Gasteiger partial charge in [-0.05, 0) is 31.2 Å². The molecule has 0 radical (unpaired) electrons. The number of nitrogens with one attached hydrogen (secondary N) is 1. The van der Waals surface area contributed by atoms with Crippen LogP contribution in [0.1, 0.15) is 16.2 Å². The summed E-state index contributed by atoms with van der Waals surface area (Å²) >= 11 is 1.40. The third kappa shape index (κ3) is 3.41. The summed E-state index contributed by atoms with van der Waals surface area (Å²) in [5.74, 6) is 1.61. The molecule has 1 N–H and O–H groups in total. The summed E-state index contributed by atoms with van der Waals surface area (Å²) in [6.45, 7) is 1.83. The van der Waals surface area contributed by atoms with Gasteiger partial charge in [0, 0.05) is 11.1 Å². The first-order valence-corrected chi connectivity index (χ1v) is 9.77. The molecule has 2 heterocycles. The van der Waals surface area contributed by atoms with Crippen LogP contribution in [0.15, 0.2) is 36.4 Å². The molecule has 9 nitrogen and oxygen atoms in total. The van der Waals surface area contributed by atoms with Gasteiger partial charge < -0.3 is 19.5 Å². The Morgan fingerprint density at radius 3 is 2.37 bits per heavy atom. The number of aryl methyl sites for hydroxylation is 1. The van der Waals surface area contributed by atoms with Gasteiger partial charge in [-0.25, -0.2) is 0 Å². The molecule has 0 spiro atoms. The van der Waals surface area contributed by atoms with Crippen molar-refractivity contribution in [2.45, 2.75) is 6.92 Å². The zero-order valence-electron chi connectivity index (χ0n) is 16.8. The highest BCUT2D eigenvalue weighted by Gasteiger charge is 2.19. The quantitative estimate of drug-likeness (QED) is 0.505. The Hall–Kier alpha value is -3.66. The van der Waals surface area contributed by atoms with E-state index in [0.717, 1.165) is 10.6 Å². The number of hydrogen-bond acceptors (Lipinski definition) is 8. The number of ether oxygens (including phenoxy) is 3. The molecular weight excluding hydrogens is 406 g/mol. The maximum Gasteiger partial charge on any atom is 0.255 e. The number of amides is 1. The number of carbonyl (C=O) groups is 1. The molecule has 1 amide bonds. The van der Waals surface area contributed by atoms with Gasteiger partial charge in [0.05, 0.1) is 27.0 Å². The fourth-order valence-electron chi connectivity index (χ4n) is 3.01. The molecule has 10 heteroatoms. The lowest BCUT2D eigenvalue weighted by atomic mass is 10.1. The van der Waals surface area contributed by atoms with Crippen molar-refractivity contribution in [3.8, 4) is 27.8 Å². The van der Waals surface area contributed by atoms with Gasteiger partial charge in [0.25, 0.3) is 5.91 Å². The highest BCUT2D eigenvalue weighted by atomic mass is 32.1. The number of nitrogens with zero attached hydrogens (tertiary/aromatic N) is 4. The monoisotopic (exact) mass is 425 g/mol. The normalized spacial score (nSPS) is 10.8. The average molecular weight is 425 g/mol. The van der Waals surface area contributed by atoms with E-state index in [0.29, 0.717) is 39.3 Å². The van der Waals surface area contributed by atoms with Crippen LogP contribution in [0.25, 0.3) is 15.5 Å². The SMILES string of the molecule is COc1cc(C(=O)Nc2ccccc2-c2nn3c(C)nnc3s2)cc(OC)c1OC. The van der Waals surface area contributed by atoms with E-state index >= 15 is 0 Å². The van der Waals surface area contributed by atoms with Gasteiger partial charge in [-0.15, -0.1) is 10.2 Å². The minimum Gasteiger partial charge on any atom is -0.493 e. The number of aromatic nitrogens is 4. The first-order chi connectivity index (χ1) is 14.5. The van der Waals surface area contributed by atoms with Crippen molar-refractivity contribution in [1.82, 2.24) is 19.8 Å². The lowest BCUT2D eigenvalue weighted by Crippen LogP contribution is -2.13. The third-order valence-electron chi connectivity index (χ3n) is 4.48. The van der Waals surface area contributed by atoms with E-state index in [2.05, 4.69) is 20.6 Å². The maximum atomic E-state index is 13.0. The molecule has 154 valence electrons. The smallest absolute Gasteiger partial charge is 0.255 e. The molecule has 0 fully saturated rings. The molecule has 4 rings (SSSR count). The van der Waals surface area contributed by atoms with E-state index in [1.165, 1.54) is 32.7 Å². The second-order valence-electron chi connectivity index (χ2n) is 6.26. The van der Waals surface area contributed by atoms with Gasteiger partial charge in [0.1, 0.15) is 5.01 Å². The summed E-state index contributed by atoms with van der Waals surface area (Å²) in [7, 11) is 4.52. The number of para-hydroxylation sites is 1. The summed E-state index contributed by atoms with van der Waals surface area (Å²) in [4.78, 5) is 13.7. The standard InChI is InChI=1S/C20H19N5O4S/c1-11-22-23-20-25(11)24-19(30-20)13-7-5-6-8-14(13)21-18(26)12-9-15(27-2)17(29-4)16(10-12)28-3/h5-10H,1-4H3,(H,21,26). The van der Waals surface area contributed by atoms with Crippen LogP contribution in [0.4, 0.5) is 5.69 Å². The summed E-state index contributed by atoms with van der Waals surface area (Å²) in [5.41, 5.74) is 1.78. The molecule has 0 aliphatic rings. The third-order valence-corrected chi connectivity index (χ3v) is 5.41. The fourth-order valence-corrected chi connectivity index (χ4v) is 3.93. The first kappa shape index (κ1) is 19.6. The van der Waals surface area contributed by atoms with Crippen molar-refractivity contribution < 1.29 is 19.0 Å². The zero-order valence-corrected chi connectivity index (χ0v) is 17.6. The summed E-state index contributed by atoms with van der Waals surface area (Å²) in [5, 5.41) is 16.3. The molecule has 0 saturated heterocycles. The Morgan fingerprint density at radius 1 is 1.03 bits per heavy atom. The summed E-state index contributed by atoms with van der Waals surface area (Å²) in [6.07, 6.45) is 0. The molecule has 0 aliphatic carbocycles. The predicted molar refractivity (Wildman–Crippen MR) is 113 cm³/mol. The minimum absolute atomic E-state index is 0.319. The van der Waals surface area contributed by atoms with E-state index < -0.39 is 0 Å². The van der Waals surface area contributed by atoms with Gasteiger partial charge >= 0.3 is 0 Å². The molecule has 4 aromatic rings. The Bertz CT molecular complexity index is 1210. The van der Waals surface area contributed by atoms with Crippen LogP contribution in [0.2, 0.25) is 0 Å². The molecule has 0 saturated carbocycles. The average Bonchev–Trinajstić information content (AvgIpc) is 3.34. The first-order valence-electron chi connectivity index (χ1n) is 8.95. The second kappa shape index (κ2) is 7.99. The van der Waals surface area contributed by atoms with Gasteiger partial charge in [0.15, 0.2) is 17.3 Å². The number of hydrogen-bond donors (Lipinski definition) is 1. The van der Waals surface area contributed by atoms with Gasteiger partial charge in [-0.2, -0.15) is 9.61 Å². The molecular formula is C20H19N5O4S. The number of carbonyl (C=O) groups excluding carboxylic acids is 1. The zero-order chi connectivity index (χ0) is 21.3. The Kier molecular flexibility index (Phi) is 5.23. The van der Waals surface area contributed by atoms with Crippen molar-refractivity contribution in [3.63, 3.8) is 0 Å². The molecule has 0 aliphatic heterocycles. The molecule has 2 aromatic carbocycles. The van der Waals surface area contributed by atoms with Crippen molar-refractivity contribution in [2.75, 3.05) is 26.6 Å². The molecule has 30 heavy (non-hydrogen) atoms. The Labute approximate surface area is 176 Å². The highest BCUT2D eigenvalue weighted by molar-refractivity contribution is 7.19. The van der Waals surface area contributed by atoms with Crippen molar-refractivity contribution in [3.05, 3.63) is 47.8 Å². The minimum atomic E-state index is -0.319. The number of rotatable bonds is 6. The molecule has 0 unspecified atom stereocenters. The van der Waals surface area contributed by atoms with Crippen LogP contribution in [0.5, 0.6) is 17.2 Å². The number of anilines is 1. The Balaban J connectivity index is 1.69. The maximum absolute atomic E-state index is 13.0. The van der Waals surface area contributed by atoms with Crippen LogP contribution < -0.4 is 19.5 Å². The van der Waals surface area contributed by atoms with Gasteiger partial charge in [-0.3, -0.25) is 4.79 Å². The van der Waals surface area contributed by atoms with Crippen LogP contribution in [0, 0.1) is 6.92 Å². The largest absolute Gasteiger partial charge is 0.493 e. The topological polar surface area (TPSA) is 99.9 Å². The van der Waals surface area contributed by atoms with E-state index in [1.54, 1.807) is 16.6 Å². The van der Waals surface area contributed by atoms with Gasteiger partial charge in [0.2, 0.25) is 10.7 Å². The number of methoxy groups -OCH3 is 3. The van der Waals surface area contributed by atoms with Crippen LogP contribution in [-0.4, -0.2) is 47.0 Å². The molecule has 2 aromatic heterocycles. The van der Waals surface area contributed by atoms with Crippen molar-refractivity contribution in [1.29, 1.82) is 0 Å². The number of fused-ring (bicyclic) bond motifs is 1. The van der Waals surface area contributed by atoms with Crippen LogP contribution >= 0.6 is 11.3 Å².